The van der Waals surface area contributed by atoms with E-state index in [0.29, 0.717) is 18.7 Å². The quantitative estimate of drug-likeness (QED) is 0.381. The van der Waals surface area contributed by atoms with Gasteiger partial charge in [0.05, 0.1) is 0 Å². The SMILES string of the molecule is CN(CCc1ccccc1)Cc1cccc(OC2CCN(C(=O)C=Cc3cccc(F)c3)CC2)c1. The van der Waals surface area contributed by atoms with Gasteiger partial charge in [-0.05, 0) is 60.5 Å². The Bertz CT molecular complexity index is 1120. The van der Waals surface area contributed by atoms with Crippen LogP contribution in [0.5, 0.6) is 5.75 Å². The number of hydrogen-bond donors (Lipinski definition) is 0. The van der Waals surface area contributed by atoms with Crippen LogP contribution in [0.2, 0.25) is 0 Å². The number of amides is 1. The van der Waals surface area contributed by atoms with Gasteiger partial charge in [-0.15, -0.1) is 0 Å². The number of rotatable bonds is 9. The van der Waals surface area contributed by atoms with Crippen molar-refractivity contribution in [3.63, 3.8) is 0 Å². The monoisotopic (exact) mass is 472 g/mol. The van der Waals surface area contributed by atoms with E-state index in [1.807, 2.05) is 23.1 Å². The third kappa shape index (κ3) is 7.79. The highest BCUT2D eigenvalue weighted by molar-refractivity contribution is 5.91. The number of halogens is 1. The number of likely N-dealkylation sites (tertiary alicyclic amines) is 1. The molecular formula is C30H33FN2O2. The molecule has 4 nitrogen and oxygen atoms in total. The molecule has 3 aromatic rings. The first-order valence-electron chi connectivity index (χ1n) is 12.3. The molecule has 1 fully saturated rings. The summed E-state index contributed by atoms with van der Waals surface area (Å²) in [6.45, 7) is 3.17. The lowest BCUT2D eigenvalue weighted by atomic mass is 10.1. The number of ether oxygens (including phenoxy) is 1. The molecule has 0 aliphatic carbocycles. The molecule has 0 saturated carbocycles. The highest BCUT2D eigenvalue weighted by Gasteiger charge is 2.23. The summed E-state index contributed by atoms with van der Waals surface area (Å²) in [5, 5.41) is 0. The molecule has 0 spiro atoms. The van der Waals surface area contributed by atoms with Gasteiger partial charge in [-0.3, -0.25) is 4.79 Å². The second-order valence-electron chi connectivity index (χ2n) is 9.15. The molecule has 1 saturated heterocycles. The van der Waals surface area contributed by atoms with Crippen molar-refractivity contribution in [2.24, 2.45) is 0 Å². The van der Waals surface area contributed by atoms with Gasteiger partial charge in [0.1, 0.15) is 17.7 Å². The van der Waals surface area contributed by atoms with Gasteiger partial charge in [-0.1, -0.05) is 54.6 Å². The van der Waals surface area contributed by atoms with Crippen LogP contribution in [0.25, 0.3) is 6.08 Å². The first-order valence-corrected chi connectivity index (χ1v) is 12.3. The van der Waals surface area contributed by atoms with Crippen molar-refractivity contribution in [1.82, 2.24) is 9.80 Å². The van der Waals surface area contributed by atoms with Gasteiger partial charge in [0.2, 0.25) is 5.91 Å². The molecule has 0 aromatic heterocycles. The van der Waals surface area contributed by atoms with Crippen LogP contribution in [0.1, 0.15) is 29.5 Å². The van der Waals surface area contributed by atoms with Crippen LogP contribution in [-0.4, -0.2) is 48.5 Å². The molecule has 4 rings (SSSR count). The van der Waals surface area contributed by atoms with Gasteiger partial charge in [0.15, 0.2) is 0 Å². The number of hydrogen-bond acceptors (Lipinski definition) is 3. The molecule has 35 heavy (non-hydrogen) atoms. The summed E-state index contributed by atoms with van der Waals surface area (Å²) in [6.07, 6.45) is 5.89. The van der Waals surface area contributed by atoms with E-state index >= 15 is 0 Å². The molecule has 1 aliphatic heterocycles. The Morgan fingerprint density at radius 1 is 1.00 bits per heavy atom. The molecular weight excluding hydrogens is 439 g/mol. The molecule has 1 aliphatic rings. The summed E-state index contributed by atoms with van der Waals surface area (Å²) in [5.74, 6) is 0.531. The maximum Gasteiger partial charge on any atom is 0.246 e. The predicted molar refractivity (Wildman–Crippen MR) is 139 cm³/mol. The van der Waals surface area contributed by atoms with Crippen molar-refractivity contribution in [3.05, 3.63) is 107 Å². The minimum Gasteiger partial charge on any atom is -0.490 e. The summed E-state index contributed by atoms with van der Waals surface area (Å²) >= 11 is 0. The minimum absolute atomic E-state index is 0.0479. The van der Waals surface area contributed by atoms with Crippen LogP contribution >= 0.6 is 0 Å². The fourth-order valence-corrected chi connectivity index (χ4v) is 4.34. The topological polar surface area (TPSA) is 32.8 Å². The van der Waals surface area contributed by atoms with E-state index in [1.54, 1.807) is 18.2 Å². The Morgan fingerprint density at radius 2 is 1.74 bits per heavy atom. The van der Waals surface area contributed by atoms with Gasteiger partial charge in [-0.25, -0.2) is 4.39 Å². The molecule has 0 bridgehead atoms. The van der Waals surface area contributed by atoms with Crippen LogP contribution in [0.3, 0.4) is 0 Å². The van der Waals surface area contributed by atoms with E-state index in [9.17, 15) is 9.18 Å². The average molecular weight is 473 g/mol. The lowest BCUT2D eigenvalue weighted by Gasteiger charge is -2.31. The Labute approximate surface area is 207 Å². The van der Waals surface area contributed by atoms with E-state index in [2.05, 4.69) is 48.3 Å². The summed E-state index contributed by atoms with van der Waals surface area (Å²) in [6, 6.07) is 25.1. The summed E-state index contributed by atoms with van der Waals surface area (Å²) in [4.78, 5) is 16.7. The first kappa shape index (κ1) is 24.7. The van der Waals surface area contributed by atoms with E-state index in [1.165, 1.54) is 29.3 Å². The molecule has 1 heterocycles. The van der Waals surface area contributed by atoms with E-state index in [0.717, 1.165) is 38.1 Å². The lowest BCUT2D eigenvalue weighted by molar-refractivity contribution is -0.127. The van der Waals surface area contributed by atoms with Crippen molar-refractivity contribution in [1.29, 1.82) is 0 Å². The van der Waals surface area contributed by atoms with Crippen molar-refractivity contribution in [2.75, 3.05) is 26.7 Å². The highest BCUT2D eigenvalue weighted by atomic mass is 19.1. The van der Waals surface area contributed by atoms with Crippen molar-refractivity contribution >= 4 is 12.0 Å². The van der Waals surface area contributed by atoms with Crippen LogP contribution in [0, 0.1) is 5.82 Å². The molecule has 0 radical (unpaired) electrons. The predicted octanol–water partition coefficient (Wildman–Crippen LogP) is 5.58. The van der Waals surface area contributed by atoms with Gasteiger partial charge < -0.3 is 14.5 Å². The van der Waals surface area contributed by atoms with E-state index in [-0.39, 0.29) is 17.8 Å². The zero-order chi connectivity index (χ0) is 24.5. The van der Waals surface area contributed by atoms with Gasteiger partial charge >= 0.3 is 0 Å². The van der Waals surface area contributed by atoms with Gasteiger partial charge in [0.25, 0.3) is 0 Å². The largest absolute Gasteiger partial charge is 0.490 e. The number of carbonyl (C=O) groups excluding carboxylic acids is 1. The lowest BCUT2D eigenvalue weighted by Crippen LogP contribution is -2.41. The Balaban J connectivity index is 1.22. The van der Waals surface area contributed by atoms with E-state index < -0.39 is 0 Å². The summed E-state index contributed by atoms with van der Waals surface area (Å²) < 4.78 is 19.6. The normalized spacial score (nSPS) is 14.5. The number of likely N-dealkylation sites (N-methyl/N-ethyl adjacent to an activating group) is 1. The second kappa shape index (κ2) is 12.3. The van der Waals surface area contributed by atoms with Crippen LogP contribution in [0.4, 0.5) is 4.39 Å². The summed E-state index contributed by atoms with van der Waals surface area (Å²) in [5.41, 5.74) is 3.26. The first-order chi connectivity index (χ1) is 17.0. The third-order valence-corrected chi connectivity index (χ3v) is 6.30. The van der Waals surface area contributed by atoms with Crippen molar-refractivity contribution < 1.29 is 13.9 Å². The Hall–Kier alpha value is -3.44. The molecule has 5 heteroatoms. The third-order valence-electron chi connectivity index (χ3n) is 6.30. The molecule has 0 atom stereocenters. The Kier molecular flexibility index (Phi) is 8.68. The van der Waals surface area contributed by atoms with E-state index in [4.69, 9.17) is 4.74 Å². The Morgan fingerprint density at radius 3 is 2.51 bits per heavy atom. The number of carbonyl (C=O) groups is 1. The van der Waals surface area contributed by atoms with Crippen molar-refractivity contribution in [3.8, 4) is 5.75 Å². The zero-order valence-electron chi connectivity index (χ0n) is 20.3. The molecule has 0 unspecified atom stereocenters. The second-order valence-corrected chi connectivity index (χ2v) is 9.15. The fraction of sp³-hybridized carbons (Fsp3) is 0.300. The molecule has 1 amide bonds. The van der Waals surface area contributed by atoms with Crippen molar-refractivity contribution in [2.45, 2.75) is 31.9 Å². The molecule has 182 valence electrons. The maximum atomic E-state index is 13.3. The number of piperidine rings is 1. The van der Waals surface area contributed by atoms with Gasteiger partial charge in [-0.2, -0.15) is 0 Å². The molecule has 0 N–H and O–H groups in total. The smallest absolute Gasteiger partial charge is 0.246 e. The summed E-state index contributed by atoms with van der Waals surface area (Å²) in [7, 11) is 2.14. The zero-order valence-corrected chi connectivity index (χ0v) is 20.3. The van der Waals surface area contributed by atoms with Crippen LogP contribution in [-0.2, 0) is 17.8 Å². The fourth-order valence-electron chi connectivity index (χ4n) is 4.34. The highest BCUT2D eigenvalue weighted by Crippen LogP contribution is 2.21. The maximum absolute atomic E-state index is 13.3. The van der Waals surface area contributed by atoms with Crippen LogP contribution in [0.15, 0.2) is 84.9 Å². The molecule has 3 aromatic carbocycles. The number of nitrogens with zero attached hydrogens (tertiary/aromatic N) is 2. The van der Waals surface area contributed by atoms with Crippen LogP contribution < -0.4 is 4.74 Å². The minimum atomic E-state index is -0.305. The number of benzene rings is 3. The van der Waals surface area contributed by atoms with Gasteiger partial charge in [0, 0.05) is 45.1 Å². The standard InChI is InChI=1S/C30H33FN2O2/c1-32(18-15-24-7-3-2-4-8-24)23-26-10-6-12-29(22-26)35-28-16-19-33(20-17-28)30(34)14-13-25-9-5-11-27(31)21-25/h2-14,21-22,28H,15-20,23H2,1H3. The average Bonchev–Trinajstić information content (AvgIpc) is 2.87.